The van der Waals surface area contributed by atoms with Gasteiger partial charge in [0.25, 0.3) is 0 Å². The van der Waals surface area contributed by atoms with E-state index in [-0.39, 0.29) is 17.3 Å². The van der Waals surface area contributed by atoms with Gasteiger partial charge in [0.2, 0.25) is 5.69 Å². The summed E-state index contributed by atoms with van der Waals surface area (Å²) in [6, 6.07) is 6.25. The zero-order chi connectivity index (χ0) is 19.3. The van der Waals surface area contributed by atoms with Crippen molar-refractivity contribution < 1.29 is 35.3 Å². The van der Waals surface area contributed by atoms with Crippen LogP contribution in [0.3, 0.4) is 0 Å². The lowest BCUT2D eigenvalue weighted by Crippen LogP contribution is -2.47. The lowest BCUT2D eigenvalue weighted by atomic mass is 10.1. The third-order valence-electron chi connectivity index (χ3n) is 3.79. The van der Waals surface area contributed by atoms with Crippen molar-refractivity contribution in [3.63, 3.8) is 0 Å². The number of aromatic nitrogens is 1. The molecule has 26 heavy (non-hydrogen) atoms. The Hall–Kier alpha value is -2.84. The van der Waals surface area contributed by atoms with Gasteiger partial charge in [-0.25, -0.2) is 0 Å². The van der Waals surface area contributed by atoms with Crippen LogP contribution in [0, 0.1) is 6.92 Å². The summed E-state index contributed by atoms with van der Waals surface area (Å²) in [6.07, 6.45) is -9.20. The predicted molar refractivity (Wildman–Crippen MR) is 78.8 cm³/mol. The van der Waals surface area contributed by atoms with Crippen LogP contribution in [0.15, 0.2) is 51.8 Å². The maximum Gasteiger partial charge on any atom is 0.608 e. The molecule has 0 saturated carbocycles. The summed E-state index contributed by atoms with van der Waals surface area (Å²) in [6.45, 7) is 1.68. The number of hydrogen-bond acceptors (Lipinski definition) is 2. The van der Waals surface area contributed by atoms with Crippen LogP contribution in [0.25, 0.3) is 16.7 Å². The summed E-state index contributed by atoms with van der Waals surface area (Å²) < 4.78 is 83.6. The van der Waals surface area contributed by atoms with Crippen LogP contribution in [-0.4, -0.2) is 0 Å². The van der Waals surface area contributed by atoms with Gasteiger partial charge in [-0.1, -0.05) is 16.7 Å². The minimum atomic E-state index is -5.24. The van der Waals surface area contributed by atoms with E-state index in [9.17, 15) is 31.1 Å². The molecule has 0 amide bonds. The van der Waals surface area contributed by atoms with E-state index in [1.54, 1.807) is 25.1 Å². The highest BCUT2D eigenvalue weighted by Gasteiger charge is 2.44. The van der Waals surface area contributed by atoms with E-state index in [4.69, 9.17) is 4.42 Å². The topological polar surface area (TPSA) is 34.1 Å². The van der Waals surface area contributed by atoms with E-state index < -0.39 is 29.2 Å². The van der Waals surface area contributed by atoms with Gasteiger partial charge in [-0.15, -0.1) is 0 Å². The Morgan fingerprint density at radius 1 is 0.923 bits per heavy atom. The van der Waals surface area contributed by atoms with E-state index in [0.29, 0.717) is 17.0 Å². The number of benzene rings is 2. The summed E-state index contributed by atoms with van der Waals surface area (Å²) in [4.78, 5) is 12.1. The number of para-hydroxylation sites is 1. The van der Waals surface area contributed by atoms with Gasteiger partial charge < -0.3 is 4.42 Å². The van der Waals surface area contributed by atoms with Crippen molar-refractivity contribution in [2.45, 2.75) is 19.3 Å². The van der Waals surface area contributed by atoms with Crippen molar-refractivity contribution in [1.82, 2.24) is 0 Å². The molecule has 0 spiro atoms. The molecule has 0 fully saturated rings. The lowest BCUT2D eigenvalue weighted by Gasteiger charge is -2.15. The lowest BCUT2D eigenvalue weighted by molar-refractivity contribution is -0.623. The van der Waals surface area contributed by atoms with Gasteiger partial charge in [0.1, 0.15) is 0 Å². The van der Waals surface area contributed by atoms with Crippen molar-refractivity contribution in [2.75, 3.05) is 0 Å². The van der Waals surface area contributed by atoms with Crippen molar-refractivity contribution >= 4 is 11.0 Å². The zero-order valence-electron chi connectivity index (χ0n) is 13.1. The van der Waals surface area contributed by atoms with Crippen LogP contribution in [0.5, 0.6) is 0 Å². The van der Waals surface area contributed by atoms with Crippen molar-refractivity contribution in [3.8, 4) is 5.69 Å². The number of alkyl halides is 6. The second kappa shape index (κ2) is 5.86. The smallest absolute Gasteiger partial charge is 0.371 e. The van der Waals surface area contributed by atoms with Gasteiger partial charge in [0.15, 0.2) is 11.8 Å². The fraction of sp³-hybridized carbons (Fsp3) is 0.176. The molecular formula is C17H10F6NO2+. The maximum atomic E-state index is 13.1. The van der Waals surface area contributed by atoms with Crippen LogP contribution in [0.4, 0.5) is 26.3 Å². The fourth-order valence-corrected chi connectivity index (χ4v) is 2.59. The first-order valence-electron chi connectivity index (χ1n) is 7.22. The Labute approximate surface area is 142 Å². The first kappa shape index (κ1) is 18.0. The van der Waals surface area contributed by atoms with Crippen LogP contribution in [0.1, 0.15) is 16.7 Å². The zero-order valence-corrected chi connectivity index (χ0v) is 13.1. The first-order chi connectivity index (χ1) is 12.0. The number of hydrogen-bond donors (Lipinski definition) is 0. The molecule has 136 valence electrons. The highest BCUT2D eigenvalue weighted by molar-refractivity contribution is 5.77. The van der Waals surface area contributed by atoms with Gasteiger partial charge in [-0.05, 0) is 24.6 Å². The molecule has 0 bridgehead atoms. The van der Waals surface area contributed by atoms with E-state index in [1.807, 2.05) is 0 Å². The molecule has 0 aliphatic rings. The van der Waals surface area contributed by atoms with Gasteiger partial charge in [-0.3, -0.25) is 0 Å². The number of halogens is 6. The molecule has 0 aliphatic heterocycles. The van der Waals surface area contributed by atoms with Gasteiger partial charge in [0, 0.05) is 12.1 Å². The fourth-order valence-electron chi connectivity index (χ4n) is 2.59. The van der Waals surface area contributed by atoms with E-state index in [1.165, 1.54) is 6.20 Å². The third-order valence-corrected chi connectivity index (χ3v) is 3.79. The number of nitrogens with zero attached hydrogens (tertiary/aromatic N) is 1. The molecule has 0 aliphatic carbocycles. The second-order valence-electron chi connectivity index (χ2n) is 5.59. The average molecular weight is 374 g/mol. The van der Waals surface area contributed by atoms with E-state index >= 15 is 0 Å². The largest absolute Gasteiger partial charge is 0.608 e. The van der Waals surface area contributed by atoms with E-state index in [2.05, 4.69) is 0 Å². The molecule has 3 aromatic rings. The minimum Gasteiger partial charge on any atom is -0.371 e. The van der Waals surface area contributed by atoms with Gasteiger partial charge >= 0.3 is 18.1 Å². The SMILES string of the molecule is Cc1cccc2c[n+](-c3ccc(C(F)(F)F)c(C(F)(F)F)c3)c(=O)oc12. The molecule has 1 aromatic heterocycles. The molecule has 3 rings (SSSR count). The summed E-state index contributed by atoms with van der Waals surface area (Å²) >= 11 is 0. The molecule has 3 nitrogen and oxygen atoms in total. The molecule has 9 heteroatoms. The summed E-state index contributed by atoms with van der Waals surface area (Å²) in [5.74, 6) is -1.01. The predicted octanol–water partition coefficient (Wildman–Crippen LogP) is 4.42. The van der Waals surface area contributed by atoms with E-state index in [0.717, 1.165) is 10.6 Å². The Kier molecular flexibility index (Phi) is 4.05. The van der Waals surface area contributed by atoms with Crippen molar-refractivity contribution in [2.24, 2.45) is 0 Å². The highest BCUT2D eigenvalue weighted by Crippen LogP contribution is 2.40. The summed E-state index contributed by atoms with van der Waals surface area (Å²) in [5, 5.41) is 0.415. The van der Waals surface area contributed by atoms with Crippen LogP contribution in [-0.2, 0) is 12.4 Å². The van der Waals surface area contributed by atoms with Gasteiger partial charge in [0.05, 0.1) is 16.5 Å². The Bertz CT molecular complexity index is 1050. The first-order valence-corrected chi connectivity index (χ1v) is 7.22. The third kappa shape index (κ3) is 3.16. The van der Waals surface area contributed by atoms with Crippen LogP contribution < -0.4 is 10.3 Å². The monoisotopic (exact) mass is 374 g/mol. The quantitative estimate of drug-likeness (QED) is 0.467. The van der Waals surface area contributed by atoms with Gasteiger partial charge in [-0.2, -0.15) is 31.1 Å². The normalized spacial score (nSPS) is 12.6. The maximum absolute atomic E-state index is 13.1. The summed E-state index contributed by atoms with van der Waals surface area (Å²) in [5.41, 5.74) is -3.21. The Balaban J connectivity index is 2.27. The summed E-state index contributed by atoms with van der Waals surface area (Å²) in [7, 11) is 0. The molecular weight excluding hydrogens is 364 g/mol. The van der Waals surface area contributed by atoms with Crippen LogP contribution >= 0.6 is 0 Å². The molecule has 2 aromatic carbocycles. The number of rotatable bonds is 1. The molecule has 0 N–H and O–H groups in total. The second-order valence-corrected chi connectivity index (χ2v) is 5.59. The highest BCUT2D eigenvalue weighted by atomic mass is 19.4. The molecule has 1 heterocycles. The molecule has 0 unspecified atom stereocenters. The Morgan fingerprint density at radius 3 is 2.19 bits per heavy atom. The number of fused-ring (bicyclic) bond motifs is 1. The van der Waals surface area contributed by atoms with Crippen molar-refractivity contribution in [1.29, 1.82) is 0 Å². The standard InChI is InChI=1S/C17H10F6NO2/c1-9-3-2-4-10-8-24(15(25)26-14(9)10)11-5-6-12(16(18,19)20)13(7-11)17(21,22)23/h2-8H,1H3/q+1. The Morgan fingerprint density at radius 2 is 1.58 bits per heavy atom. The average Bonchev–Trinajstić information content (AvgIpc) is 2.53. The van der Waals surface area contributed by atoms with Crippen LogP contribution in [0.2, 0.25) is 0 Å². The minimum absolute atomic E-state index is 0.247. The molecule has 0 radical (unpaired) electrons. The molecule has 0 atom stereocenters. The number of aryl methyl sites for hydroxylation is 1. The molecule has 0 saturated heterocycles. The van der Waals surface area contributed by atoms with Crippen molar-refractivity contribution in [3.05, 3.63) is 69.8 Å².